The smallest absolute Gasteiger partial charge is 0.186 e. The van der Waals surface area contributed by atoms with Crippen LogP contribution in [0.25, 0.3) is 11.4 Å². The first-order valence-electron chi connectivity index (χ1n) is 5.64. The molecule has 96 valence electrons. The van der Waals surface area contributed by atoms with Crippen molar-refractivity contribution in [2.45, 2.75) is 19.4 Å². The lowest BCUT2D eigenvalue weighted by Crippen LogP contribution is -2.07. The van der Waals surface area contributed by atoms with Gasteiger partial charge in [-0.15, -0.1) is 5.10 Å². The minimum absolute atomic E-state index is 0.348. The number of rotatable bonds is 5. The summed E-state index contributed by atoms with van der Waals surface area (Å²) in [5.41, 5.74) is 5.82. The van der Waals surface area contributed by atoms with Crippen molar-refractivity contribution in [1.82, 2.24) is 20.2 Å². The maximum absolute atomic E-state index is 13.8. The summed E-state index contributed by atoms with van der Waals surface area (Å²) >= 11 is 3.32. The topological polar surface area (TPSA) is 69.6 Å². The Morgan fingerprint density at radius 1 is 1.33 bits per heavy atom. The number of aromatic nitrogens is 4. The predicted octanol–water partition coefficient (Wildman–Crippen LogP) is 1.98. The fourth-order valence-electron chi connectivity index (χ4n) is 1.65. The minimum atomic E-state index is -0.348. The highest BCUT2D eigenvalue weighted by Gasteiger charge is 2.16. The molecule has 0 unspecified atom stereocenters. The van der Waals surface area contributed by atoms with Crippen LogP contribution in [0, 0.1) is 5.82 Å². The van der Waals surface area contributed by atoms with Crippen LogP contribution in [0.15, 0.2) is 22.7 Å². The Morgan fingerprint density at radius 3 is 2.89 bits per heavy atom. The van der Waals surface area contributed by atoms with Gasteiger partial charge in [0.15, 0.2) is 5.82 Å². The first-order chi connectivity index (χ1) is 8.74. The van der Waals surface area contributed by atoms with Gasteiger partial charge in [-0.25, -0.2) is 9.07 Å². The number of tetrazole rings is 1. The van der Waals surface area contributed by atoms with E-state index in [2.05, 4.69) is 31.5 Å². The number of benzene rings is 1. The third-order valence-electron chi connectivity index (χ3n) is 2.54. The molecular weight excluding hydrogens is 301 g/mol. The molecule has 0 aliphatic rings. The zero-order chi connectivity index (χ0) is 13.0. The van der Waals surface area contributed by atoms with Gasteiger partial charge in [-0.05, 0) is 57.9 Å². The van der Waals surface area contributed by atoms with Crippen LogP contribution in [0.4, 0.5) is 4.39 Å². The molecule has 0 saturated carbocycles. The second-order valence-corrected chi connectivity index (χ2v) is 4.67. The maximum Gasteiger partial charge on any atom is 0.186 e. The molecule has 5 nitrogen and oxygen atoms in total. The SMILES string of the molecule is NCCCCn1nnnc1-c1c(F)cccc1Br. The van der Waals surface area contributed by atoms with Crippen molar-refractivity contribution in [1.29, 1.82) is 0 Å². The Hall–Kier alpha value is -1.34. The van der Waals surface area contributed by atoms with Gasteiger partial charge in [-0.1, -0.05) is 6.07 Å². The van der Waals surface area contributed by atoms with Gasteiger partial charge < -0.3 is 5.73 Å². The third-order valence-corrected chi connectivity index (χ3v) is 3.20. The van der Waals surface area contributed by atoms with E-state index in [4.69, 9.17) is 5.73 Å². The summed E-state index contributed by atoms with van der Waals surface area (Å²) in [5, 5.41) is 11.4. The van der Waals surface area contributed by atoms with E-state index in [1.54, 1.807) is 16.8 Å². The summed E-state index contributed by atoms with van der Waals surface area (Å²) < 4.78 is 16.1. The second-order valence-electron chi connectivity index (χ2n) is 3.82. The van der Waals surface area contributed by atoms with Crippen LogP contribution < -0.4 is 5.73 Å². The number of halogens is 2. The Labute approximate surface area is 112 Å². The quantitative estimate of drug-likeness (QED) is 0.857. The summed E-state index contributed by atoms with van der Waals surface area (Å²) in [4.78, 5) is 0. The molecule has 0 fully saturated rings. The maximum atomic E-state index is 13.8. The van der Waals surface area contributed by atoms with E-state index in [1.165, 1.54) is 6.07 Å². The number of hydrogen-bond donors (Lipinski definition) is 1. The largest absolute Gasteiger partial charge is 0.330 e. The zero-order valence-electron chi connectivity index (χ0n) is 9.68. The number of aryl methyl sites for hydroxylation is 1. The zero-order valence-corrected chi connectivity index (χ0v) is 11.3. The second kappa shape index (κ2) is 6.01. The standard InChI is InChI=1S/C11H13BrFN5/c12-8-4-3-5-9(13)10(8)11-15-16-17-18(11)7-2-1-6-14/h3-5H,1-2,6-7,14H2. The number of nitrogens with zero attached hydrogens (tertiary/aromatic N) is 4. The first kappa shape index (κ1) is 13.1. The molecule has 0 radical (unpaired) electrons. The van der Waals surface area contributed by atoms with Crippen molar-refractivity contribution in [2.75, 3.05) is 6.54 Å². The fraction of sp³-hybridized carbons (Fsp3) is 0.364. The van der Waals surface area contributed by atoms with Crippen LogP contribution >= 0.6 is 15.9 Å². The average molecular weight is 314 g/mol. The van der Waals surface area contributed by atoms with Gasteiger partial charge in [-0.3, -0.25) is 0 Å². The molecule has 0 saturated heterocycles. The third kappa shape index (κ3) is 2.73. The molecule has 0 aliphatic carbocycles. The Bertz CT molecular complexity index is 508. The summed E-state index contributed by atoms with van der Waals surface area (Å²) in [6.45, 7) is 1.25. The van der Waals surface area contributed by atoms with Crippen molar-refractivity contribution < 1.29 is 4.39 Å². The van der Waals surface area contributed by atoms with Gasteiger partial charge in [0.25, 0.3) is 0 Å². The Balaban J connectivity index is 2.31. The monoisotopic (exact) mass is 313 g/mol. The van der Waals surface area contributed by atoms with Gasteiger partial charge >= 0.3 is 0 Å². The number of hydrogen-bond acceptors (Lipinski definition) is 4. The lowest BCUT2D eigenvalue weighted by Gasteiger charge is -2.06. The van der Waals surface area contributed by atoms with E-state index in [1.807, 2.05) is 0 Å². The summed E-state index contributed by atoms with van der Waals surface area (Å²) in [5.74, 6) is 0.0799. The van der Waals surface area contributed by atoms with Crippen molar-refractivity contribution in [3.05, 3.63) is 28.5 Å². The van der Waals surface area contributed by atoms with E-state index < -0.39 is 0 Å². The lowest BCUT2D eigenvalue weighted by molar-refractivity contribution is 0.546. The molecule has 7 heteroatoms. The predicted molar refractivity (Wildman–Crippen MR) is 69.2 cm³/mol. The van der Waals surface area contributed by atoms with E-state index >= 15 is 0 Å². The van der Waals surface area contributed by atoms with Crippen LogP contribution in [0.1, 0.15) is 12.8 Å². The van der Waals surface area contributed by atoms with Crippen LogP contribution in [0.5, 0.6) is 0 Å². The molecule has 2 rings (SSSR count). The van der Waals surface area contributed by atoms with E-state index in [0.717, 1.165) is 12.8 Å². The Kier molecular flexibility index (Phi) is 4.38. The van der Waals surface area contributed by atoms with Gasteiger partial charge in [-0.2, -0.15) is 0 Å². The fourth-order valence-corrected chi connectivity index (χ4v) is 2.17. The van der Waals surface area contributed by atoms with Gasteiger partial charge in [0.2, 0.25) is 0 Å². The molecule has 2 aromatic rings. The molecule has 1 heterocycles. The van der Waals surface area contributed by atoms with Crippen LogP contribution in [0.3, 0.4) is 0 Å². The van der Waals surface area contributed by atoms with Crippen LogP contribution in [0.2, 0.25) is 0 Å². The normalized spacial score (nSPS) is 10.8. The summed E-state index contributed by atoms with van der Waals surface area (Å²) in [7, 11) is 0. The van der Waals surface area contributed by atoms with Crippen LogP contribution in [-0.2, 0) is 6.54 Å². The minimum Gasteiger partial charge on any atom is -0.330 e. The highest BCUT2D eigenvalue weighted by atomic mass is 79.9. The molecular formula is C11H13BrFN5. The molecule has 0 amide bonds. The number of unbranched alkanes of at least 4 members (excludes halogenated alkanes) is 1. The molecule has 0 bridgehead atoms. The molecule has 0 aliphatic heterocycles. The van der Waals surface area contributed by atoms with Crippen molar-refractivity contribution in [3.63, 3.8) is 0 Å². The molecule has 0 atom stereocenters. The highest BCUT2D eigenvalue weighted by Crippen LogP contribution is 2.28. The average Bonchev–Trinajstić information content (AvgIpc) is 2.78. The highest BCUT2D eigenvalue weighted by molar-refractivity contribution is 9.10. The van der Waals surface area contributed by atoms with E-state index in [-0.39, 0.29) is 5.82 Å². The van der Waals surface area contributed by atoms with Crippen molar-refractivity contribution in [3.8, 4) is 11.4 Å². The lowest BCUT2D eigenvalue weighted by atomic mass is 10.2. The first-order valence-corrected chi connectivity index (χ1v) is 6.44. The molecule has 18 heavy (non-hydrogen) atoms. The van der Waals surface area contributed by atoms with Gasteiger partial charge in [0.1, 0.15) is 5.82 Å². The Morgan fingerprint density at radius 2 is 2.17 bits per heavy atom. The van der Waals surface area contributed by atoms with E-state index in [9.17, 15) is 4.39 Å². The van der Waals surface area contributed by atoms with Crippen LogP contribution in [-0.4, -0.2) is 26.8 Å². The summed E-state index contributed by atoms with van der Waals surface area (Å²) in [6.07, 6.45) is 1.75. The van der Waals surface area contributed by atoms with Gasteiger partial charge in [0.05, 0.1) is 5.56 Å². The molecule has 1 aromatic heterocycles. The summed E-state index contributed by atoms with van der Waals surface area (Å²) in [6, 6.07) is 4.78. The number of nitrogens with two attached hydrogens (primary N) is 1. The molecule has 0 spiro atoms. The van der Waals surface area contributed by atoms with E-state index in [0.29, 0.717) is 29.0 Å². The van der Waals surface area contributed by atoms with Gasteiger partial charge in [0, 0.05) is 11.0 Å². The van der Waals surface area contributed by atoms with Crippen molar-refractivity contribution in [2.24, 2.45) is 5.73 Å². The molecule has 1 aromatic carbocycles. The van der Waals surface area contributed by atoms with Crippen molar-refractivity contribution >= 4 is 15.9 Å². The molecule has 2 N–H and O–H groups in total.